The third-order valence-electron chi connectivity index (χ3n) is 8.41. The summed E-state index contributed by atoms with van der Waals surface area (Å²) >= 11 is 0. The van der Waals surface area contributed by atoms with Crippen LogP contribution < -0.4 is 0 Å². The molecule has 2 saturated heterocycles. The molecule has 2 aromatic rings. The lowest BCUT2D eigenvalue weighted by Crippen LogP contribution is -2.59. The van der Waals surface area contributed by atoms with Crippen LogP contribution in [-0.2, 0) is 30.5 Å². The van der Waals surface area contributed by atoms with E-state index in [0.29, 0.717) is 11.9 Å². The van der Waals surface area contributed by atoms with Gasteiger partial charge >= 0.3 is 5.97 Å². The molecule has 11 heteroatoms. The minimum atomic E-state index is -1.38. The van der Waals surface area contributed by atoms with Crippen LogP contribution >= 0.6 is 0 Å². The van der Waals surface area contributed by atoms with Gasteiger partial charge in [0, 0.05) is 6.54 Å². The maximum Gasteiger partial charge on any atom is 0.312 e. The number of aliphatic hydroxyl groups is 1. The fourth-order valence-electron chi connectivity index (χ4n) is 6.53. The summed E-state index contributed by atoms with van der Waals surface area (Å²) < 4.78 is 13.8. The number of fused-ring (bicyclic) bond motifs is 3. The summed E-state index contributed by atoms with van der Waals surface area (Å²) in [6, 6.07) is 5.78. The first-order chi connectivity index (χ1) is 18.9. The average Bonchev–Trinajstić information content (AvgIpc) is 3.52. The molecule has 39 heavy (non-hydrogen) atoms. The Hall–Kier alpha value is -3.57. The van der Waals surface area contributed by atoms with Crippen LogP contribution in [0.5, 0.6) is 0 Å². The number of para-hydroxylation sites is 1. The zero-order valence-corrected chi connectivity index (χ0v) is 22.1. The van der Waals surface area contributed by atoms with Gasteiger partial charge in [0.15, 0.2) is 0 Å². The normalized spacial score (nSPS) is 32.3. The Labute approximate surface area is 226 Å². The summed E-state index contributed by atoms with van der Waals surface area (Å²) in [4.78, 5) is 45.1. The molecule has 1 N–H and O–H groups in total. The van der Waals surface area contributed by atoms with E-state index in [1.54, 1.807) is 15.7 Å². The van der Waals surface area contributed by atoms with Crippen LogP contribution in [0.4, 0.5) is 0 Å². The van der Waals surface area contributed by atoms with Crippen molar-refractivity contribution in [2.75, 3.05) is 19.8 Å². The number of likely N-dealkylation sites (tertiary alicyclic amines) is 1. The number of carbonyl (C=O) groups excluding carboxylic acids is 3. The van der Waals surface area contributed by atoms with E-state index in [9.17, 15) is 19.5 Å². The number of cyclic esters (lactones) is 1. The van der Waals surface area contributed by atoms with Crippen molar-refractivity contribution in [3.8, 4) is 0 Å². The number of hydrogen-bond acceptors (Lipinski definition) is 8. The van der Waals surface area contributed by atoms with E-state index < -0.39 is 41.6 Å². The van der Waals surface area contributed by atoms with E-state index in [0.717, 1.165) is 11.9 Å². The maximum atomic E-state index is 14.4. The second kappa shape index (κ2) is 9.87. The Kier molecular flexibility index (Phi) is 6.50. The molecule has 11 nitrogen and oxygen atoms in total. The monoisotopic (exact) mass is 535 g/mol. The Morgan fingerprint density at radius 3 is 2.77 bits per heavy atom. The van der Waals surface area contributed by atoms with E-state index in [4.69, 9.17) is 9.47 Å². The van der Waals surface area contributed by atoms with E-state index in [1.165, 1.54) is 4.90 Å². The SMILES string of the molecule is CC(C)[C@H](CO)N1C(=O)[C@@H]2[C@H]3C(=O)OCCC/C=C\[C@H]3O[C@@]23C=CCN(Cn2nnc4ccccc42)C(=O)C13. The lowest BCUT2D eigenvalue weighted by Gasteiger charge is -2.39. The van der Waals surface area contributed by atoms with Crippen molar-refractivity contribution >= 4 is 28.8 Å². The maximum absolute atomic E-state index is 14.4. The van der Waals surface area contributed by atoms with Crippen LogP contribution in [-0.4, -0.2) is 91.2 Å². The van der Waals surface area contributed by atoms with Gasteiger partial charge in [-0.25, -0.2) is 4.68 Å². The number of benzene rings is 1. The highest BCUT2D eigenvalue weighted by molar-refractivity contribution is 5.99. The van der Waals surface area contributed by atoms with Gasteiger partial charge in [-0.15, -0.1) is 5.10 Å². The molecule has 0 saturated carbocycles. The Morgan fingerprint density at radius 1 is 1.15 bits per heavy atom. The lowest BCUT2D eigenvalue weighted by molar-refractivity contribution is -0.157. The number of nitrogens with zero attached hydrogens (tertiary/aromatic N) is 5. The van der Waals surface area contributed by atoms with Crippen molar-refractivity contribution < 1.29 is 29.0 Å². The largest absolute Gasteiger partial charge is 0.465 e. The number of allylic oxidation sites excluding steroid dienone is 1. The third-order valence-corrected chi connectivity index (χ3v) is 8.41. The Balaban J connectivity index is 1.44. The van der Waals surface area contributed by atoms with Crippen molar-refractivity contribution in [3.05, 3.63) is 48.6 Å². The fourth-order valence-corrected chi connectivity index (χ4v) is 6.53. The number of ether oxygens (including phenoxy) is 2. The van der Waals surface area contributed by atoms with Crippen LogP contribution in [0.15, 0.2) is 48.6 Å². The second-order valence-electron chi connectivity index (χ2n) is 11.0. The van der Waals surface area contributed by atoms with Gasteiger partial charge in [0.2, 0.25) is 5.91 Å². The number of aliphatic hydroxyl groups excluding tert-OH is 1. The quantitative estimate of drug-likeness (QED) is 0.448. The Bertz CT molecular complexity index is 1350. The highest BCUT2D eigenvalue weighted by Gasteiger charge is 2.72. The number of rotatable bonds is 5. The number of aromatic nitrogens is 3. The van der Waals surface area contributed by atoms with E-state index in [2.05, 4.69) is 10.3 Å². The predicted molar refractivity (Wildman–Crippen MR) is 139 cm³/mol. The molecule has 1 spiro atoms. The molecule has 5 heterocycles. The number of esters is 1. The molecule has 6 rings (SSSR count). The highest BCUT2D eigenvalue weighted by Crippen LogP contribution is 2.54. The van der Waals surface area contributed by atoms with Crippen molar-refractivity contribution in [2.45, 2.75) is 57.1 Å². The molecule has 0 aliphatic carbocycles. The average molecular weight is 536 g/mol. The first-order valence-corrected chi connectivity index (χ1v) is 13.6. The van der Waals surface area contributed by atoms with Gasteiger partial charge in [-0.05, 0) is 30.9 Å². The van der Waals surface area contributed by atoms with Gasteiger partial charge in [-0.2, -0.15) is 0 Å². The van der Waals surface area contributed by atoms with Gasteiger partial charge in [-0.1, -0.05) is 55.5 Å². The lowest BCUT2D eigenvalue weighted by atomic mass is 9.78. The van der Waals surface area contributed by atoms with E-state index >= 15 is 0 Å². The predicted octanol–water partition coefficient (Wildman–Crippen LogP) is 1.28. The smallest absolute Gasteiger partial charge is 0.312 e. The Morgan fingerprint density at radius 2 is 1.97 bits per heavy atom. The summed E-state index contributed by atoms with van der Waals surface area (Å²) in [6.07, 6.45) is 8.08. The minimum absolute atomic E-state index is 0.114. The molecule has 4 aliphatic rings. The summed E-state index contributed by atoms with van der Waals surface area (Å²) in [5, 5.41) is 18.8. The molecule has 6 atom stereocenters. The van der Waals surface area contributed by atoms with Gasteiger partial charge in [0.05, 0.1) is 36.8 Å². The highest BCUT2D eigenvalue weighted by atomic mass is 16.6. The van der Waals surface area contributed by atoms with E-state index in [1.807, 2.05) is 56.3 Å². The molecular weight excluding hydrogens is 502 g/mol. The van der Waals surface area contributed by atoms with Crippen LogP contribution in [0.2, 0.25) is 0 Å². The van der Waals surface area contributed by atoms with Gasteiger partial charge in [0.1, 0.15) is 29.7 Å². The molecule has 1 unspecified atom stereocenters. The third kappa shape index (κ3) is 3.98. The molecule has 206 valence electrons. The zero-order valence-electron chi connectivity index (χ0n) is 22.1. The molecule has 2 fully saturated rings. The molecule has 0 bridgehead atoms. The number of carbonyl (C=O) groups is 3. The molecular formula is C28H33N5O6. The standard InChI is InChI=1S/C28H33N5O6/c1-17(2)20(15-34)33-24-26(36)31(16-32-19-10-6-5-9-18(19)29-30-32)13-8-12-28(24)23(25(33)35)22-21(39-28)11-4-3-7-14-38-27(22)37/h4-6,8-12,17,20-24,34H,3,7,13-16H2,1-2H3/b11-4-/t20-,21+,22-,23-,24?,28-/m0/s1. The topological polar surface area (TPSA) is 127 Å². The van der Waals surface area contributed by atoms with Crippen molar-refractivity contribution in [1.82, 2.24) is 24.8 Å². The molecule has 0 radical (unpaired) electrons. The molecule has 2 amide bonds. The van der Waals surface area contributed by atoms with Gasteiger partial charge in [-0.3, -0.25) is 14.4 Å². The first kappa shape index (κ1) is 25.7. The number of amides is 2. The molecule has 4 aliphatic heterocycles. The summed E-state index contributed by atoms with van der Waals surface area (Å²) in [6.45, 7) is 4.09. The molecule has 1 aromatic heterocycles. The summed E-state index contributed by atoms with van der Waals surface area (Å²) in [7, 11) is 0. The van der Waals surface area contributed by atoms with E-state index in [-0.39, 0.29) is 44.2 Å². The van der Waals surface area contributed by atoms with Crippen molar-refractivity contribution in [1.29, 1.82) is 0 Å². The van der Waals surface area contributed by atoms with Gasteiger partial charge in [0.25, 0.3) is 5.91 Å². The first-order valence-electron chi connectivity index (χ1n) is 13.6. The van der Waals surface area contributed by atoms with Crippen LogP contribution in [0, 0.1) is 17.8 Å². The van der Waals surface area contributed by atoms with Crippen molar-refractivity contribution in [2.24, 2.45) is 17.8 Å². The zero-order chi connectivity index (χ0) is 27.3. The minimum Gasteiger partial charge on any atom is -0.465 e. The summed E-state index contributed by atoms with van der Waals surface area (Å²) in [5.74, 6) is -3.21. The number of hydrogen-bond donors (Lipinski definition) is 1. The van der Waals surface area contributed by atoms with Crippen LogP contribution in [0.25, 0.3) is 11.0 Å². The van der Waals surface area contributed by atoms with Crippen LogP contribution in [0.3, 0.4) is 0 Å². The van der Waals surface area contributed by atoms with Gasteiger partial charge < -0.3 is 24.4 Å². The second-order valence-corrected chi connectivity index (χ2v) is 11.0. The van der Waals surface area contributed by atoms with Crippen LogP contribution in [0.1, 0.15) is 26.7 Å². The fraction of sp³-hybridized carbons (Fsp3) is 0.536. The summed E-state index contributed by atoms with van der Waals surface area (Å²) in [5.41, 5.74) is 0.106. The molecule has 1 aromatic carbocycles. The van der Waals surface area contributed by atoms with Crippen molar-refractivity contribution in [3.63, 3.8) is 0 Å².